The van der Waals surface area contributed by atoms with Gasteiger partial charge in [-0.05, 0) is 12.3 Å². The Bertz CT molecular complexity index is 321. The van der Waals surface area contributed by atoms with E-state index in [9.17, 15) is 0 Å². The molecule has 0 saturated heterocycles. The smallest absolute Gasteiger partial charge is 0.139 e. The van der Waals surface area contributed by atoms with Gasteiger partial charge in [0.05, 0.1) is 0 Å². The van der Waals surface area contributed by atoms with E-state index in [-0.39, 0.29) is 0 Å². The molecule has 0 unspecified atom stereocenters. The van der Waals surface area contributed by atoms with Crippen LogP contribution in [0.5, 0.6) is 0 Å². The van der Waals surface area contributed by atoms with Crippen molar-refractivity contribution in [2.45, 2.75) is 13.8 Å². The van der Waals surface area contributed by atoms with Crippen LogP contribution in [-0.4, -0.2) is 28.5 Å². The Morgan fingerprint density at radius 3 is 2.47 bits per heavy atom. The van der Waals surface area contributed by atoms with Crippen LogP contribution in [0.4, 0.5) is 0 Å². The molecule has 0 bridgehead atoms. The Labute approximate surface area is 92.7 Å². The number of rotatable bonds is 3. The van der Waals surface area contributed by atoms with Crippen molar-refractivity contribution in [2.75, 3.05) is 14.1 Å². The van der Waals surface area contributed by atoms with Gasteiger partial charge in [0.15, 0.2) is 0 Å². The Balaban J connectivity index is 0.000000921. The van der Waals surface area contributed by atoms with E-state index in [2.05, 4.69) is 11.6 Å². The standard InChI is InChI=1S/C10H15N3.C2H6/c1-9(5-7-12(2)3)10-11-6-8-13(10)4;1-2/h5-8H,1H2,2-4H3;1-2H3/b7-5-;. The van der Waals surface area contributed by atoms with E-state index in [1.165, 1.54) is 0 Å². The van der Waals surface area contributed by atoms with Crippen molar-refractivity contribution in [3.8, 4) is 0 Å². The van der Waals surface area contributed by atoms with Gasteiger partial charge in [-0.15, -0.1) is 0 Å². The normalized spacial score (nSPS) is 9.67. The maximum absolute atomic E-state index is 4.19. The SMILES string of the molecule is C=C(/C=C\N(C)C)c1nccn1C.CC. The van der Waals surface area contributed by atoms with E-state index in [0.717, 1.165) is 11.4 Å². The van der Waals surface area contributed by atoms with Crippen LogP contribution in [0, 0.1) is 0 Å². The maximum atomic E-state index is 4.19. The van der Waals surface area contributed by atoms with Gasteiger partial charge in [-0.25, -0.2) is 4.98 Å². The lowest BCUT2D eigenvalue weighted by molar-refractivity contribution is 0.564. The Kier molecular flexibility index (Phi) is 6.18. The summed E-state index contributed by atoms with van der Waals surface area (Å²) in [4.78, 5) is 6.15. The van der Waals surface area contributed by atoms with Crippen LogP contribution < -0.4 is 0 Å². The molecule has 3 heteroatoms. The fourth-order valence-electron chi connectivity index (χ4n) is 0.989. The zero-order chi connectivity index (χ0) is 11.8. The van der Waals surface area contributed by atoms with Gasteiger partial charge >= 0.3 is 0 Å². The molecule has 1 aromatic rings. The number of aromatic nitrogens is 2. The second-order valence-electron chi connectivity index (χ2n) is 3.17. The molecule has 84 valence electrons. The molecular weight excluding hydrogens is 186 g/mol. The summed E-state index contributed by atoms with van der Waals surface area (Å²) in [7, 11) is 5.90. The zero-order valence-corrected chi connectivity index (χ0v) is 10.4. The van der Waals surface area contributed by atoms with Gasteiger partial charge in [0.1, 0.15) is 5.82 Å². The number of hydrogen-bond donors (Lipinski definition) is 0. The van der Waals surface area contributed by atoms with E-state index in [1.807, 2.05) is 62.9 Å². The molecule has 0 saturated carbocycles. The summed E-state index contributed by atoms with van der Waals surface area (Å²) in [6, 6.07) is 0. The van der Waals surface area contributed by atoms with E-state index in [0.29, 0.717) is 0 Å². The highest BCUT2D eigenvalue weighted by Crippen LogP contribution is 2.09. The third-order valence-electron chi connectivity index (χ3n) is 1.68. The molecule has 0 radical (unpaired) electrons. The highest BCUT2D eigenvalue weighted by Gasteiger charge is 1.99. The summed E-state index contributed by atoms with van der Waals surface area (Å²) in [6.45, 7) is 7.93. The molecule has 15 heavy (non-hydrogen) atoms. The molecule has 0 fully saturated rings. The summed E-state index contributed by atoms with van der Waals surface area (Å²) in [5, 5.41) is 0. The molecule has 0 spiro atoms. The first-order valence-corrected chi connectivity index (χ1v) is 5.12. The lowest BCUT2D eigenvalue weighted by Crippen LogP contribution is -2.01. The Hall–Kier alpha value is -1.51. The minimum Gasteiger partial charge on any atom is -0.383 e. The van der Waals surface area contributed by atoms with Gasteiger partial charge in [-0.2, -0.15) is 0 Å². The topological polar surface area (TPSA) is 21.1 Å². The number of nitrogens with zero attached hydrogens (tertiary/aromatic N) is 3. The first-order chi connectivity index (χ1) is 7.11. The van der Waals surface area contributed by atoms with Crippen molar-refractivity contribution in [3.63, 3.8) is 0 Å². The molecule has 0 aromatic carbocycles. The predicted octanol–water partition coefficient (Wildman–Crippen LogP) is 2.53. The first kappa shape index (κ1) is 13.5. The predicted molar refractivity (Wildman–Crippen MR) is 66.4 cm³/mol. The Morgan fingerprint density at radius 1 is 1.47 bits per heavy atom. The molecular formula is C12H21N3. The van der Waals surface area contributed by atoms with Crippen molar-refractivity contribution < 1.29 is 0 Å². The number of allylic oxidation sites excluding steroid dienone is 2. The average molecular weight is 207 g/mol. The van der Waals surface area contributed by atoms with Crippen LogP contribution in [0.15, 0.2) is 31.2 Å². The summed E-state index contributed by atoms with van der Waals surface area (Å²) in [6.07, 6.45) is 7.58. The maximum Gasteiger partial charge on any atom is 0.139 e. The first-order valence-electron chi connectivity index (χ1n) is 5.12. The van der Waals surface area contributed by atoms with Crippen molar-refractivity contribution >= 4 is 5.57 Å². The van der Waals surface area contributed by atoms with Crippen LogP contribution in [0.25, 0.3) is 5.57 Å². The summed E-state index contributed by atoms with van der Waals surface area (Å²) in [5.41, 5.74) is 0.918. The molecule has 0 aliphatic heterocycles. The monoisotopic (exact) mass is 207 g/mol. The molecule has 0 amide bonds. The lowest BCUT2D eigenvalue weighted by Gasteiger charge is -2.04. The molecule has 0 aliphatic rings. The van der Waals surface area contributed by atoms with Crippen LogP contribution in [0.1, 0.15) is 19.7 Å². The molecule has 0 aliphatic carbocycles. The summed E-state index contributed by atoms with van der Waals surface area (Å²) >= 11 is 0. The second-order valence-corrected chi connectivity index (χ2v) is 3.17. The largest absolute Gasteiger partial charge is 0.383 e. The summed E-state index contributed by atoms with van der Waals surface area (Å²) in [5.74, 6) is 0.901. The molecule has 0 N–H and O–H groups in total. The van der Waals surface area contributed by atoms with Gasteiger partial charge in [-0.1, -0.05) is 20.4 Å². The minimum absolute atomic E-state index is 0.901. The molecule has 1 rings (SSSR count). The molecule has 3 nitrogen and oxygen atoms in total. The lowest BCUT2D eigenvalue weighted by atomic mass is 10.3. The Morgan fingerprint density at radius 2 is 2.07 bits per heavy atom. The van der Waals surface area contributed by atoms with Gasteiger partial charge < -0.3 is 9.47 Å². The molecule has 1 heterocycles. The number of hydrogen-bond acceptors (Lipinski definition) is 2. The van der Waals surface area contributed by atoms with E-state index in [4.69, 9.17) is 0 Å². The van der Waals surface area contributed by atoms with Gasteiger partial charge in [0, 0.05) is 39.1 Å². The van der Waals surface area contributed by atoms with Crippen molar-refractivity contribution in [1.29, 1.82) is 0 Å². The highest BCUT2D eigenvalue weighted by molar-refractivity contribution is 5.67. The summed E-state index contributed by atoms with van der Waals surface area (Å²) < 4.78 is 1.95. The third-order valence-corrected chi connectivity index (χ3v) is 1.68. The van der Waals surface area contributed by atoms with E-state index in [1.54, 1.807) is 6.20 Å². The highest BCUT2D eigenvalue weighted by atomic mass is 15.0. The van der Waals surface area contributed by atoms with Gasteiger partial charge in [0.2, 0.25) is 0 Å². The van der Waals surface area contributed by atoms with E-state index >= 15 is 0 Å². The fourth-order valence-corrected chi connectivity index (χ4v) is 0.989. The van der Waals surface area contributed by atoms with Gasteiger partial charge in [0.25, 0.3) is 0 Å². The van der Waals surface area contributed by atoms with Crippen molar-refractivity contribution in [1.82, 2.24) is 14.5 Å². The van der Waals surface area contributed by atoms with Gasteiger partial charge in [-0.3, -0.25) is 0 Å². The van der Waals surface area contributed by atoms with Crippen molar-refractivity contribution in [3.05, 3.63) is 37.1 Å². The minimum atomic E-state index is 0.901. The van der Waals surface area contributed by atoms with Crippen LogP contribution in [0.3, 0.4) is 0 Å². The van der Waals surface area contributed by atoms with Crippen LogP contribution in [-0.2, 0) is 7.05 Å². The number of aryl methyl sites for hydroxylation is 1. The zero-order valence-electron chi connectivity index (χ0n) is 10.4. The quantitative estimate of drug-likeness (QED) is 0.710. The second kappa shape index (κ2) is 6.87. The average Bonchev–Trinajstić information content (AvgIpc) is 2.64. The van der Waals surface area contributed by atoms with E-state index < -0.39 is 0 Å². The molecule has 1 aromatic heterocycles. The fraction of sp³-hybridized carbons (Fsp3) is 0.417. The number of imidazole rings is 1. The van der Waals surface area contributed by atoms with Crippen LogP contribution in [0.2, 0.25) is 0 Å². The van der Waals surface area contributed by atoms with Crippen LogP contribution >= 0.6 is 0 Å². The third kappa shape index (κ3) is 4.49. The molecule has 0 atom stereocenters. The van der Waals surface area contributed by atoms with Crippen molar-refractivity contribution in [2.24, 2.45) is 7.05 Å².